The Morgan fingerprint density at radius 1 is 1.28 bits per heavy atom. The maximum Gasteiger partial charge on any atom is 0.293 e. The largest absolute Gasteiger partial charge is 0.368 e. The van der Waals surface area contributed by atoms with E-state index in [1.54, 1.807) is 12.4 Å². The second-order valence-electron chi connectivity index (χ2n) is 8.94. The number of rotatable bonds is 4. The van der Waals surface area contributed by atoms with Crippen LogP contribution in [0.15, 0.2) is 35.2 Å². The zero-order valence-corrected chi connectivity index (χ0v) is 17.4. The first-order valence-corrected chi connectivity index (χ1v) is 9.93. The molecule has 2 aromatic rings. The number of hydrogen-bond acceptors (Lipinski definition) is 7. The van der Waals surface area contributed by atoms with E-state index in [-0.39, 0.29) is 17.2 Å². The average molecular weight is 393 g/mol. The smallest absolute Gasteiger partial charge is 0.293 e. The number of carbonyl (C=O) groups is 1. The van der Waals surface area contributed by atoms with Crippen LogP contribution in [-0.4, -0.2) is 58.2 Å². The van der Waals surface area contributed by atoms with E-state index in [9.17, 15) is 4.79 Å². The number of fused-ring (bicyclic) bond motifs is 2. The van der Waals surface area contributed by atoms with Gasteiger partial charge in [0.1, 0.15) is 11.2 Å². The number of aliphatic imine (C=N–C) groups is 1. The highest BCUT2D eigenvalue weighted by molar-refractivity contribution is 6.09. The third-order valence-electron chi connectivity index (χ3n) is 5.06. The lowest BCUT2D eigenvalue weighted by atomic mass is 9.92. The van der Waals surface area contributed by atoms with Gasteiger partial charge in [0.05, 0.1) is 0 Å². The topological polar surface area (TPSA) is 95.4 Å². The van der Waals surface area contributed by atoms with Gasteiger partial charge in [-0.05, 0) is 31.0 Å². The van der Waals surface area contributed by atoms with Crippen LogP contribution in [0, 0.1) is 11.3 Å². The molecule has 0 bridgehead atoms. The summed E-state index contributed by atoms with van der Waals surface area (Å²) in [6, 6.07) is 1.88. The zero-order chi connectivity index (χ0) is 20.6. The Balaban J connectivity index is 1.59. The number of aromatic nitrogens is 3. The number of piperidine rings is 1. The van der Waals surface area contributed by atoms with Gasteiger partial charge in [-0.1, -0.05) is 20.8 Å². The molecular formula is C21H27N7O. The van der Waals surface area contributed by atoms with E-state index in [1.165, 1.54) is 0 Å². The molecule has 0 radical (unpaired) electrons. The summed E-state index contributed by atoms with van der Waals surface area (Å²) in [4.78, 5) is 32.4. The van der Waals surface area contributed by atoms with Crippen molar-refractivity contribution in [1.29, 1.82) is 0 Å². The number of dihydropyridines is 1. The Morgan fingerprint density at radius 3 is 2.90 bits per heavy atom. The molecular weight excluding hydrogens is 366 g/mol. The average Bonchev–Trinajstić information content (AvgIpc) is 2.66. The number of anilines is 2. The minimum atomic E-state index is -0.262. The lowest BCUT2D eigenvalue weighted by Crippen LogP contribution is -2.40. The van der Waals surface area contributed by atoms with Crippen LogP contribution in [0.4, 0.5) is 11.8 Å². The lowest BCUT2D eigenvalue weighted by Gasteiger charge is -2.31. The fourth-order valence-electron chi connectivity index (χ4n) is 3.48. The third-order valence-corrected chi connectivity index (χ3v) is 5.06. The number of likely N-dealkylation sites (tertiary alicyclic amines) is 1. The van der Waals surface area contributed by atoms with Gasteiger partial charge in [0.15, 0.2) is 5.82 Å². The first kappa shape index (κ1) is 19.4. The van der Waals surface area contributed by atoms with Crippen LogP contribution < -0.4 is 10.6 Å². The van der Waals surface area contributed by atoms with Crippen LogP contribution >= 0.6 is 0 Å². The van der Waals surface area contributed by atoms with Crippen LogP contribution in [0.2, 0.25) is 0 Å². The molecule has 152 valence electrons. The van der Waals surface area contributed by atoms with Crippen LogP contribution in [0.3, 0.4) is 0 Å². The Bertz CT molecular complexity index is 1010. The summed E-state index contributed by atoms with van der Waals surface area (Å²) < 4.78 is 0. The van der Waals surface area contributed by atoms with E-state index in [0.717, 1.165) is 42.7 Å². The second kappa shape index (κ2) is 7.51. The summed E-state index contributed by atoms with van der Waals surface area (Å²) in [5.41, 5.74) is 2.23. The maximum atomic E-state index is 12.5. The van der Waals surface area contributed by atoms with Crippen molar-refractivity contribution in [2.75, 3.05) is 37.3 Å². The molecule has 8 nitrogen and oxygen atoms in total. The first-order valence-electron chi connectivity index (χ1n) is 9.93. The minimum Gasteiger partial charge on any atom is -0.368 e. The third kappa shape index (κ3) is 4.42. The van der Waals surface area contributed by atoms with Crippen molar-refractivity contribution in [2.45, 2.75) is 27.2 Å². The van der Waals surface area contributed by atoms with Crippen molar-refractivity contribution in [2.24, 2.45) is 16.3 Å². The Morgan fingerprint density at radius 2 is 2.10 bits per heavy atom. The van der Waals surface area contributed by atoms with Crippen LogP contribution in [-0.2, 0) is 4.79 Å². The SMILES string of the molecule is CN1CCC2=NC(=O)C(Nc3ncc4ccnc(NCC(C)(C)C)c4n3)=CC2C1. The number of amides is 1. The summed E-state index contributed by atoms with van der Waals surface area (Å²) in [6.45, 7) is 9.04. The highest BCUT2D eigenvalue weighted by atomic mass is 16.1. The number of nitrogens with zero attached hydrogens (tertiary/aromatic N) is 5. The van der Waals surface area contributed by atoms with Gasteiger partial charge in [-0.15, -0.1) is 0 Å². The number of pyridine rings is 1. The molecule has 0 aromatic carbocycles. The van der Waals surface area contributed by atoms with Crippen LogP contribution in [0.1, 0.15) is 27.2 Å². The van der Waals surface area contributed by atoms with E-state index in [0.29, 0.717) is 17.5 Å². The summed E-state index contributed by atoms with van der Waals surface area (Å²) in [5, 5.41) is 7.34. The van der Waals surface area contributed by atoms with Gasteiger partial charge in [0.25, 0.3) is 5.91 Å². The van der Waals surface area contributed by atoms with Gasteiger partial charge in [0, 0.05) is 49.0 Å². The highest BCUT2D eigenvalue weighted by Gasteiger charge is 2.28. The molecule has 1 unspecified atom stereocenters. The van der Waals surface area contributed by atoms with Gasteiger partial charge in [-0.25, -0.2) is 19.9 Å². The summed E-state index contributed by atoms with van der Waals surface area (Å²) in [6.07, 6.45) is 6.27. The van der Waals surface area contributed by atoms with Gasteiger partial charge in [-0.2, -0.15) is 0 Å². The quantitative estimate of drug-likeness (QED) is 0.824. The normalized spacial score (nSPS) is 20.1. The molecule has 8 heteroatoms. The van der Waals surface area contributed by atoms with E-state index < -0.39 is 0 Å². The van der Waals surface area contributed by atoms with Crippen LogP contribution in [0.25, 0.3) is 10.9 Å². The summed E-state index contributed by atoms with van der Waals surface area (Å²) in [7, 11) is 2.08. The minimum absolute atomic E-state index is 0.111. The summed E-state index contributed by atoms with van der Waals surface area (Å²) >= 11 is 0. The van der Waals surface area contributed by atoms with Crippen molar-refractivity contribution in [3.8, 4) is 0 Å². The van der Waals surface area contributed by atoms with Crippen molar-refractivity contribution in [1.82, 2.24) is 19.9 Å². The molecule has 1 atom stereocenters. The number of hydrogen-bond donors (Lipinski definition) is 2. The molecule has 4 rings (SSSR count). The molecule has 1 amide bonds. The van der Waals surface area contributed by atoms with Gasteiger partial charge in [-0.3, -0.25) is 4.79 Å². The number of nitrogens with one attached hydrogen (secondary N) is 2. The van der Waals surface area contributed by atoms with Crippen molar-refractivity contribution in [3.05, 3.63) is 30.2 Å². The molecule has 0 aliphatic carbocycles. The van der Waals surface area contributed by atoms with E-state index >= 15 is 0 Å². The number of carbonyl (C=O) groups excluding carboxylic acids is 1. The summed E-state index contributed by atoms with van der Waals surface area (Å²) in [5.74, 6) is 0.967. The molecule has 0 spiro atoms. The van der Waals surface area contributed by atoms with E-state index in [2.05, 4.69) is 63.3 Å². The second-order valence-corrected chi connectivity index (χ2v) is 8.94. The zero-order valence-electron chi connectivity index (χ0n) is 17.4. The predicted octanol–water partition coefficient (Wildman–Crippen LogP) is 2.71. The van der Waals surface area contributed by atoms with Crippen molar-refractivity contribution >= 4 is 34.3 Å². The lowest BCUT2D eigenvalue weighted by molar-refractivity contribution is -0.114. The first-order chi connectivity index (χ1) is 13.8. The van der Waals surface area contributed by atoms with Gasteiger partial charge >= 0.3 is 0 Å². The van der Waals surface area contributed by atoms with Crippen molar-refractivity contribution in [3.63, 3.8) is 0 Å². The van der Waals surface area contributed by atoms with Crippen molar-refractivity contribution < 1.29 is 4.79 Å². The Kier molecular flexibility index (Phi) is 5.04. The van der Waals surface area contributed by atoms with Gasteiger partial charge < -0.3 is 15.5 Å². The molecule has 2 aromatic heterocycles. The molecule has 2 N–H and O–H groups in total. The molecule has 29 heavy (non-hydrogen) atoms. The monoisotopic (exact) mass is 393 g/mol. The van der Waals surface area contributed by atoms with E-state index in [1.807, 2.05) is 12.1 Å². The molecule has 2 aliphatic rings. The fourth-order valence-corrected chi connectivity index (χ4v) is 3.48. The molecule has 1 saturated heterocycles. The molecule has 2 aliphatic heterocycles. The molecule has 4 heterocycles. The standard InChI is InChI=1S/C21H27N7O/c1-21(2,3)12-24-18-17-13(5-7-22-18)10-23-20(27-17)26-16-9-14-11-28(4)8-6-15(14)25-19(16)29/h5,7,9-10,14H,6,8,11-12H2,1-4H3,(H,22,24)(H,23,26,27). The molecule has 1 fully saturated rings. The van der Waals surface area contributed by atoms with Gasteiger partial charge in [0.2, 0.25) is 5.95 Å². The maximum absolute atomic E-state index is 12.5. The van der Waals surface area contributed by atoms with E-state index in [4.69, 9.17) is 0 Å². The Labute approximate surface area is 170 Å². The Hall–Kier alpha value is -2.87. The molecule has 0 saturated carbocycles. The van der Waals surface area contributed by atoms with Crippen LogP contribution in [0.5, 0.6) is 0 Å². The predicted molar refractivity (Wildman–Crippen MR) is 115 cm³/mol. The fraction of sp³-hybridized carbons (Fsp3) is 0.476. The highest BCUT2D eigenvalue weighted by Crippen LogP contribution is 2.24.